The van der Waals surface area contributed by atoms with E-state index in [2.05, 4.69) is 21.0 Å². The number of nitrogens with one attached hydrogen (secondary N) is 1. The minimum Gasteiger partial charge on any atom is -0.323 e. The van der Waals surface area contributed by atoms with Crippen molar-refractivity contribution in [1.29, 1.82) is 0 Å². The minimum absolute atomic E-state index is 0.0282. The molecule has 208 valence electrons. The van der Waals surface area contributed by atoms with Crippen LogP contribution < -0.4 is 5.76 Å². The molecule has 6 rings (SSSR count). The van der Waals surface area contributed by atoms with Crippen molar-refractivity contribution in [3.8, 4) is 35.1 Å². The van der Waals surface area contributed by atoms with Crippen LogP contribution in [-0.2, 0) is 12.2 Å². The van der Waals surface area contributed by atoms with Crippen molar-refractivity contribution in [2.45, 2.75) is 44.8 Å². The Hall–Kier alpha value is -4.36. The third-order valence-electron chi connectivity index (χ3n) is 7.71. The largest absolute Gasteiger partial charge is 0.439 e. The van der Waals surface area contributed by atoms with Crippen LogP contribution in [0.4, 0.5) is 8.78 Å². The summed E-state index contributed by atoms with van der Waals surface area (Å²) in [6, 6.07) is 9.03. The van der Waals surface area contributed by atoms with Gasteiger partial charge in [0, 0.05) is 36.0 Å². The van der Waals surface area contributed by atoms with Crippen LogP contribution in [0.5, 0.6) is 0 Å². The highest BCUT2D eigenvalue weighted by atomic mass is 35.5. The number of nitrogens with zero attached hydrogens (tertiary/aromatic N) is 5. The fraction of sp³-hybridized carbons (Fsp3) is 0.300. The van der Waals surface area contributed by atoms with Gasteiger partial charge in [0.05, 0.1) is 21.7 Å². The van der Waals surface area contributed by atoms with E-state index in [4.69, 9.17) is 32.5 Å². The molecule has 1 saturated carbocycles. The highest BCUT2D eigenvalue weighted by Gasteiger charge is 2.38. The molecular weight excluding hydrogens is 550 g/mol. The quantitative estimate of drug-likeness (QED) is 0.239. The van der Waals surface area contributed by atoms with E-state index in [0.29, 0.717) is 33.9 Å². The lowest BCUT2D eigenvalue weighted by atomic mass is 9.82. The van der Waals surface area contributed by atoms with Gasteiger partial charge in [-0.2, -0.15) is 0 Å². The van der Waals surface area contributed by atoms with Crippen LogP contribution in [0.2, 0.25) is 5.02 Å². The highest BCUT2D eigenvalue weighted by Crippen LogP contribution is 2.41. The number of imidazole rings is 1. The third-order valence-corrected chi connectivity index (χ3v) is 7.92. The molecule has 41 heavy (non-hydrogen) atoms. The summed E-state index contributed by atoms with van der Waals surface area (Å²) < 4.78 is 38.4. The van der Waals surface area contributed by atoms with Crippen molar-refractivity contribution >= 4 is 22.6 Å². The number of pyridine rings is 2. The number of halogens is 3. The summed E-state index contributed by atoms with van der Waals surface area (Å²) in [7, 11) is 0. The Kier molecular flexibility index (Phi) is 6.91. The summed E-state index contributed by atoms with van der Waals surface area (Å²) in [6.07, 6.45) is 12.2. The van der Waals surface area contributed by atoms with Gasteiger partial charge >= 0.3 is 5.76 Å². The van der Waals surface area contributed by atoms with Gasteiger partial charge in [0.25, 0.3) is 0 Å². The second-order valence-corrected chi connectivity index (χ2v) is 10.9. The average Bonchev–Trinajstić information content (AvgIpc) is 3.57. The first-order valence-corrected chi connectivity index (χ1v) is 13.6. The van der Waals surface area contributed by atoms with E-state index in [-0.39, 0.29) is 34.7 Å². The van der Waals surface area contributed by atoms with E-state index in [1.54, 1.807) is 29.0 Å². The van der Waals surface area contributed by atoms with Gasteiger partial charge in [-0.05, 0) is 56.7 Å². The van der Waals surface area contributed by atoms with Crippen LogP contribution in [0, 0.1) is 30.0 Å². The average molecular weight is 575 g/mol. The third kappa shape index (κ3) is 5.02. The smallest absolute Gasteiger partial charge is 0.323 e. The van der Waals surface area contributed by atoms with Crippen molar-refractivity contribution < 1.29 is 13.3 Å². The molecule has 1 aliphatic rings. The van der Waals surface area contributed by atoms with Gasteiger partial charge < -0.3 is 4.57 Å². The SMILES string of the molecule is C#CC1CCC(Cn2c(C(C)(F)c3ccccc3F)nc3cc(-c4noc(=O)[nH]4)nc(-c4cncc(Cl)c4)c32)CC1. The molecule has 1 unspecified atom stereocenters. The van der Waals surface area contributed by atoms with Gasteiger partial charge in [-0.15, -0.1) is 12.3 Å². The lowest BCUT2D eigenvalue weighted by molar-refractivity contribution is 0.211. The standard InChI is InChI=1S/C30H25ClF2N6O2/c1-3-17-8-10-18(11-9-17)16-39-26-23(36-28(39)30(2,33)21-6-4-5-7-22(21)32)13-24(27-37-29(40)41-38-27)35-25(26)19-12-20(31)15-34-14-19/h1,4-7,12-15,17-18H,8-11,16H2,2H3,(H,37,38,40). The summed E-state index contributed by atoms with van der Waals surface area (Å²) in [5.41, 5.74) is -0.336. The number of alkyl halides is 1. The summed E-state index contributed by atoms with van der Waals surface area (Å²) in [5, 5.41) is 4.14. The summed E-state index contributed by atoms with van der Waals surface area (Å²) in [5.74, 6) is 1.93. The monoisotopic (exact) mass is 574 g/mol. The Morgan fingerprint density at radius 3 is 2.66 bits per heavy atom. The van der Waals surface area contributed by atoms with E-state index < -0.39 is 17.2 Å². The number of rotatable bonds is 6. The Labute approximate surface area is 238 Å². The maximum Gasteiger partial charge on any atom is 0.439 e. The summed E-state index contributed by atoms with van der Waals surface area (Å²) in [4.78, 5) is 28.0. The van der Waals surface area contributed by atoms with E-state index in [1.165, 1.54) is 31.3 Å². The zero-order chi connectivity index (χ0) is 28.7. The summed E-state index contributed by atoms with van der Waals surface area (Å²) in [6.45, 7) is 1.72. The number of hydrogen-bond acceptors (Lipinski definition) is 6. The van der Waals surface area contributed by atoms with Crippen molar-refractivity contribution in [2.75, 3.05) is 0 Å². The molecule has 1 atom stereocenters. The van der Waals surface area contributed by atoms with Crippen LogP contribution in [0.1, 0.15) is 44.0 Å². The van der Waals surface area contributed by atoms with Crippen molar-refractivity contribution in [2.24, 2.45) is 11.8 Å². The first-order chi connectivity index (χ1) is 19.7. The van der Waals surface area contributed by atoms with Crippen molar-refractivity contribution in [1.82, 2.24) is 29.7 Å². The maximum atomic E-state index is 16.9. The molecule has 5 aromatic rings. The Morgan fingerprint density at radius 2 is 1.98 bits per heavy atom. The van der Waals surface area contributed by atoms with Gasteiger partial charge in [-0.25, -0.2) is 23.5 Å². The molecule has 8 nitrogen and oxygen atoms in total. The first-order valence-electron chi connectivity index (χ1n) is 13.2. The van der Waals surface area contributed by atoms with Crippen LogP contribution in [0.15, 0.2) is 58.1 Å². The lowest BCUT2D eigenvalue weighted by Crippen LogP contribution is -2.27. The Bertz CT molecular complexity index is 1850. The number of terminal acetylenes is 1. The van der Waals surface area contributed by atoms with Crippen LogP contribution in [0.25, 0.3) is 33.8 Å². The van der Waals surface area contributed by atoms with Gasteiger partial charge in [-0.3, -0.25) is 14.5 Å². The fourth-order valence-electron chi connectivity index (χ4n) is 5.63. The molecule has 0 radical (unpaired) electrons. The predicted octanol–water partition coefficient (Wildman–Crippen LogP) is 6.30. The zero-order valence-electron chi connectivity index (χ0n) is 22.1. The van der Waals surface area contributed by atoms with E-state index in [1.807, 2.05) is 0 Å². The molecule has 0 aliphatic heterocycles. The van der Waals surface area contributed by atoms with Crippen LogP contribution >= 0.6 is 11.6 Å². The second-order valence-electron chi connectivity index (χ2n) is 10.5. The second kappa shape index (κ2) is 10.6. The molecule has 4 aromatic heterocycles. The van der Waals surface area contributed by atoms with Crippen LogP contribution in [-0.4, -0.2) is 29.7 Å². The molecule has 1 aliphatic carbocycles. The van der Waals surface area contributed by atoms with Crippen molar-refractivity contribution in [3.05, 3.63) is 81.6 Å². The number of fused-ring (bicyclic) bond motifs is 1. The molecule has 1 N–H and O–H groups in total. The molecule has 1 aromatic carbocycles. The molecule has 0 amide bonds. The van der Waals surface area contributed by atoms with Gasteiger partial charge in [0.1, 0.15) is 11.5 Å². The zero-order valence-corrected chi connectivity index (χ0v) is 22.8. The normalized spacial score (nSPS) is 18.7. The Balaban J connectivity index is 1.62. The fourth-order valence-corrected chi connectivity index (χ4v) is 5.80. The molecule has 0 spiro atoms. The maximum absolute atomic E-state index is 16.9. The number of hydrogen-bond donors (Lipinski definition) is 1. The van der Waals surface area contributed by atoms with E-state index >= 15 is 4.39 Å². The lowest BCUT2D eigenvalue weighted by Gasteiger charge is -2.29. The van der Waals surface area contributed by atoms with Gasteiger partial charge in [0.2, 0.25) is 5.82 Å². The molecule has 1 fully saturated rings. The topological polar surface area (TPSA) is 102 Å². The number of H-pyrrole nitrogens is 1. The summed E-state index contributed by atoms with van der Waals surface area (Å²) >= 11 is 6.30. The number of aromatic amines is 1. The molecule has 11 heteroatoms. The predicted molar refractivity (Wildman–Crippen MR) is 150 cm³/mol. The van der Waals surface area contributed by atoms with Crippen LogP contribution in [0.3, 0.4) is 0 Å². The Morgan fingerprint density at radius 1 is 1.20 bits per heavy atom. The minimum atomic E-state index is -2.30. The highest BCUT2D eigenvalue weighted by molar-refractivity contribution is 6.30. The molecule has 0 saturated heterocycles. The molecular formula is C30H25ClF2N6O2. The molecule has 0 bridgehead atoms. The van der Waals surface area contributed by atoms with E-state index in [0.717, 1.165) is 25.7 Å². The number of aromatic nitrogens is 6. The van der Waals surface area contributed by atoms with Gasteiger partial charge in [-0.1, -0.05) is 35.0 Å². The van der Waals surface area contributed by atoms with Crippen molar-refractivity contribution in [3.63, 3.8) is 0 Å². The molecule has 4 heterocycles. The first kappa shape index (κ1) is 26.8. The van der Waals surface area contributed by atoms with E-state index in [9.17, 15) is 9.18 Å². The van der Waals surface area contributed by atoms with Gasteiger partial charge in [0.15, 0.2) is 11.5 Å². The number of benzene rings is 1.